The maximum absolute atomic E-state index is 13.4. The van der Waals surface area contributed by atoms with Gasteiger partial charge in [-0.15, -0.1) is 0 Å². The Bertz CT molecular complexity index is 1290. The van der Waals surface area contributed by atoms with E-state index in [-0.39, 0.29) is 12.3 Å². The van der Waals surface area contributed by atoms with Gasteiger partial charge in [0.2, 0.25) is 5.91 Å². The van der Waals surface area contributed by atoms with Crippen molar-refractivity contribution in [2.45, 2.75) is 32.4 Å². The third kappa shape index (κ3) is 5.70. The Kier molecular flexibility index (Phi) is 8.41. The van der Waals surface area contributed by atoms with Gasteiger partial charge in [0.1, 0.15) is 6.67 Å². The molecule has 2 atom stereocenters. The van der Waals surface area contributed by atoms with Crippen LogP contribution in [-0.4, -0.2) is 90.1 Å². The van der Waals surface area contributed by atoms with Gasteiger partial charge in [0.05, 0.1) is 23.5 Å². The number of nitrogens with one attached hydrogen (secondary N) is 1. The summed E-state index contributed by atoms with van der Waals surface area (Å²) in [5.41, 5.74) is 1.26. The van der Waals surface area contributed by atoms with E-state index >= 15 is 0 Å². The Labute approximate surface area is 220 Å². The predicted octanol–water partition coefficient (Wildman–Crippen LogP) is 2.99. The number of alkyl halides is 1. The summed E-state index contributed by atoms with van der Waals surface area (Å²) in [4.78, 5) is 55.5. The summed E-state index contributed by atoms with van der Waals surface area (Å²) < 4.78 is 20.5. The Balaban J connectivity index is 1.53. The van der Waals surface area contributed by atoms with Crippen molar-refractivity contribution >= 4 is 45.5 Å². The minimum Gasteiger partial charge on any atom is -0.435 e. The van der Waals surface area contributed by atoms with Gasteiger partial charge in [-0.25, -0.2) is 13.8 Å². The van der Waals surface area contributed by atoms with Gasteiger partial charge >= 0.3 is 6.09 Å². The normalized spacial score (nSPS) is 16.0. The van der Waals surface area contributed by atoms with Crippen LogP contribution < -0.4 is 5.32 Å². The van der Waals surface area contributed by atoms with Crippen molar-refractivity contribution in [3.63, 3.8) is 0 Å². The number of para-hydroxylation sites is 2. The Morgan fingerprint density at radius 2 is 1.47 bits per heavy atom. The molecule has 3 aromatic rings. The first-order valence-electron chi connectivity index (χ1n) is 12.8. The number of halogens is 1. The van der Waals surface area contributed by atoms with E-state index < -0.39 is 42.5 Å². The highest BCUT2D eigenvalue weighted by molar-refractivity contribution is 6.12. The first kappa shape index (κ1) is 27.3. The van der Waals surface area contributed by atoms with E-state index in [4.69, 9.17) is 4.74 Å². The number of hydrogen-bond acceptors (Lipinski definition) is 6. The number of hydrogen-bond donors (Lipinski definition) is 1. The highest BCUT2D eigenvalue weighted by atomic mass is 19.1. The van der Waals surface area contributed by atoms with Crippen LogP contribution >= 0.6 is 0 Å². The standard InChI is InChI=1S/C28H33FN4O5/c1-18(2)26(27(36)30-21(24(34)17-29)16-25(35)32-14-12-31(3)13-15-32)38-28(37)33-22-10-6-4-8-19(22)20-9-5-7-11-23(20)33/h4-11,18,21,26H,12-17H2,1-3H3,(H,30,36). The molecule has 1 aromatic heterocycles. The van der Waals surface area contributed by atoms with Crippen LogP contribution in [0.25, 0.3) is 21.8 Å². The number of ketones is 1. The van der Waals surface area contributed by atoms with E-state index in [9.17, 15) is 23.6 Å². The lowest BCUT2D eigenvalue weighted by molar-refractivity contribution is -0.139. The molecule has 0 radical (unpaired) electrons. The lowest BCUT2D eigenvalue weighted by Crippen LogP contribution is -2.52. The molecule has 2 amide bonds. The predicted molar refractivity (Wildman–Crippen MR) is 142 cm³/mol. The minimum absolute atomic E-state index is 0.339. The maximum atomic E-state index is 13.4. The molecule has 2 aromatic carbocycles. The van der Waals surface area contributed by atoms with Crippen LogP contribution in [0.5, 0.6) is 0 Å². The first-order valence-corrected chi connectivity index (χ1v) is 12.8. The summed E-state index contributed by atoms with van der Waals surface area (Å²) in [6.45, 7) is 4.43. The largest absolute Gasteiger partial charge is 0.435 e. The Morgan fingerprint density at radius 1 is 0.921 bits per heavy atom. The average Bonchev–Trinajstić information content (AvgIpc) is 3.25. The minimum atomic E-state index is -1.35. The fourth-order valence-electron chi connectivity index (χ4n) is 4.72. The van der Waals surface area contributed by atoms with Gasteiger partial charge in [0.15, 0.2) is 11.9 Å². The zero-order chi connectivity index (χ0) is 27.4. The molecule has 202 valence electrons. The molecule has 0 aliphatic carbocycles. The SMILES string of the molecule is CC(C)C(OC(=O)n1c2ccccc2c2ccccc21)C(=O)NC(CC(=O)N1CCN(C)CC1)C(=O)CF. The first-order chi connectivity index (χ1) is 18.2. The number of carbonyl (C=O) groups excluding carboxylic acids is 4. The maximum Gasteiger partial charge on any atom is 0.419 e. The van der Waals surface area contributed by atoms with E-state index in [2.05, 4.69) is 10.2 Å². The van der Waals surface area contributed by atoms with Gasteiger partial charge in [-0.3, -0.25) is 14.4 Å². The second-order valence-corrected chi connectivity index (χ2v) is 9.97. The van der Waals surface area contributed by atoms with Crippen molar-refractivity contribution in [3.05, 3.63) is 48.5 Å². The van der Waals surface area contributed by atoms with Gasteiger partial charge in [0.25, 0.3) is 5.91 Å². The number of Topliss-reactive ketones (excluding diaryl/α,β-unsaturated/α-hetero) is 1. The second-order valence-electron chi connectivity index (χ2n) is 9.97. The van der Waals surface area contributed by atoms with Crippen molar-refractivity contribution < 1.29 is 28.3 Å². The molecule has 9 nitrogen and oxygen atoms in total. The van der Waals surface area contributed by atoms with Crippen LogP contribution in [0, 0.1) is 5.92 Å². The topological polar surface area (TPSA) is 101 Å². The van der Waals surface area contributed by atoms with Gasteiger partial charge in [0, 0.05) is 37.0 Å². The van der Waals surface area contributed by atoms with Crippen LogP contribution in [0.1, 0.15) is 20.3 Å². The van der Waals surface area contributed by atoms with Gasteiger partial charge in [-0.2, -0.15) is 0 Å². The second kappa shape index (κ2) is 11.7. The number of fused-ring (bicyclic) bond motifs is 3. The summed E-state index contributed by atoms with van der Waals surface area (Å²) in [6, 6.07) is 13.4. The summed E-state index contributed by atoms with van der Waals surface area (Å²) >= 11 is 0. The van der Waals surface area contributed by atoms with Crippen LogP contribution in [-0.2, 0) is 19.1 Å². The molecular weight excluding hydrogens is 491 g/mol. The molecule has 0 saturated carbocycles. The van der Waals surface area contributed by atoms with Crippen LogP contribution in [0.15, 0.2) is 48.5 Å². The monoisotopic (exact) mass is 524 g/mol. The lowest BCUT2D eigenvalue weighted by Gasteiger charge is -2.33. The molecule has 1 aliphatic rings. The molecule has 0 bridgehead atoms. The Hall–Kier alpha value is -3.79. The third-order valence-electron chi connectivity index (χ3n) is 6.93. The highest BCUT2D eigenvalue weighted by Gasteiger charge is 2.33. The molecule has 0 spiro atoms. The number of carbonyl (C=O) groups is 4. The average molecular weight is 525 g/mol. The number of likely N-dealkylation sites (N-methyl/N-ethyl adjacent to an activating group) is 1. The number of nitrogens with zero attached hydrogens (tertiary/aromatic N) is 3. The molecule has 10 heteroatoms. The third-order valence-corrected chi connectivity index (χ3v) is 6.93. The summed E-state index contributed by atoms with van der Waals surface area (Å²) in [7, 11) is 1.95. The van der Waals surface area contributed by atoms with Crippen molar-refractivity contribution in [2.75, 3.05) is 39.9 Å². The quantitative estimate of drug-likeness (QED) is 0.486. The van der Waals surface area contributed by atoms with Crippen molar-refractivity contribution in [3.8, 4) is 0 Å². The van der Waals surface area contributed by atoms with Crippen LogP contribution in [0.3, 0.4) is 0 Å². The van der Waals surface area contributed by atoms with E-state index in [1.165, 1.54) is 4.57 Å². The lowest BCUT2D eigenvalue weighted by atomic mass is 10.0. The van der Waals surface area contributed by atoms with E-state index in [0.717, 1.165) is 10.8 Å². The number of benzene rings is 2. The van der Waals surface area contributed by atoms with E-state index in [0.29, 0.717) is 37.2 Å². The fourth-order valence-corrected chi connectivity index (χ4v) is 4.72. The summed E-state index contributed by atoms with van der Waals surface area (Å²) in [6.07, 6.45) is -2.38. The van der Waals surface area contributed by atoms with Crippen molar-refractivity contribution in [1.82, 2.24) is 19.7 Å². The zero-order valence-corrected chi connectivity index (χ0v) is 21.9. The number of rotatable bonds is 8. The number of ether oxygens (including phenoxy) is 1. The highest BCUT2D eigenvalue weighted by Crippen LogP contribution is 2.29. The molecule has 2 unspecified atom stereocenters. The number of piperazine rings is 1. The number of amides is 2. The zero-order valence-electron chi connectivity index (χ0n) is 21.9. The van der Waals surface area contributed by atoms with Gasteiger partial charge < -0.3 is 19.9 Å². The summed E-state index contributed by atoms with van der Waals surface area (Å²) in [5.74, 6) is -2.46. The molecular formula is C28H33FN4O5. The molecule has 2 heterocycles. The van der Waals surface area contributed by atoms with Gasteiger partial charge in [-0.05, 0) is 25.1 Å². The molecule has 4 rings (SSSR count). The molecule has 1 fully saturated rings. The molecule has 38 heavy (non-hydrogen) atoms. The molecule has 1 saturated heterocycles. The van der Waals surface area contributed by atoms with Gasteiger partial charge in [-0.1, -0.05) is 50.2 Å². The van der Waals surface area contributed by atoms with E-state index in [1.807, 2.05) is 43.4 Å². The van der Waals surface area contributed by atoms with Crippen molar-refractivity contribution in [1.29, 1.82) is 0 Å². The number of aromatic nitrogens is 1. The van der Waals surface area contributed by atoms with E-state index in [1.54, 1.807) is 30.9 Å². The smallest absolute Gasteiger partial charge is 0.419 e. The molecule has 1 aliphatic heterocycles. The fraction of sp³-hybridized carbons (Fsp3) is 0.429. The molecule has 1 N–H and O–H groups in total. The van der Waals surface area contributed by atoms with Crippen LogP contribution in [0.2, 0.25) is 0 Å². The Morgan fingerprint density at radius 3 is 2.00 bits per heavy atom. The van der Waals surface area contributed by atoms with Crippen LogP contribution in [0.4, 0.5) is 9.18 Å². The summed E-state index contributed by atoms with van der Waals surface area (Å²) in [5, 5.41) is 4.21. The van der Waals surface area contributed by atoms with Crippen molar-refractivity contribution in [2.24, 2.45) is 5.92 Å².